The second kappa shape index (κ2) is 7.07. The van der Waals surface area contributed by atoms with Gasteiger partial charge in [0, 0.05) is 39.3 Å². The van der Waals surface area contributed by atoms with Crippen molar-refractivity contribution in [2.75, 3.05) is 59.4 Å². The van der Waals surface area contributed by atoms with Crippen molar-refractivity contribution in [3.63, 3.8) is 0 Å². The van der Waals surface area contributed by atoms with Crippen LogP contribution in [-0.4, -0.2) is 75.1 Å². The summed E-state index contributed by atoms with van der Waals surface area (Å²) in [6.07, 6.45) is 2.06. The molecule has 2 N–H and O–H groups in total. The first kappa shape index (κ1) is 13.8. The van der Waals surface area contributed by atoms with E-state index in [1.807, 2.05) is 0 Å². The smallest absolute Gasteiger partial charge is 0.224 e. The van der Waals surface area contributed by atoms with Gasteiger partial charge >= 0.3 is 0 Å². The molecule has 18 heavy (non-hydrogen) atoms. The van der Waals surface area contributed by atoms with Gasteiger partial charge in [-0.3, -0.25) is 4.79 Å². The molecule has 2 heterocycles. The normalized spacial score (nSPS) is 26.4. The minimum atomic E-state index is 0.202. The molecule has 1 amide bonds. The molecule has 0 aromatic carbocycles. The molecule has 0 radical (unpaired) electrons. The van der Waals surface area contributed by atoms with E-state index in [9.17, 15) is 4.79 Å². The number of nitrogens with zero attached hydrogens (tertiary/aromatic N) is 2. The topological polar surface area (TPSA) is 47.6 Å². The molecule has 2 aliphatic heterocycles. The molecule has 2 fully saturated rings. The van der Waals surface area contributed by atoms with Gasteiger partial charge < -0.3 is 20.4 Å². The summed E-state index contributed by atoms with van der Waals surface area (Å²) < 4.78 is 0. The van der Waals surface area contributed by atoms with Gasteiger partial charge in [0.25, 0.3) is 0 Å². The van der Waals surface area contributed by atoms with Crippen LogP contribution in [0.25, 0.3) is 0 Å². The van der Waals surface area contributed by atoms with E-state index in [-0.39, 0.29) is 11.8 Å². The van der Waals surface area contributed by atoms with E-state index in [0.29, 0.717) is 0 Å². The number of likely N-dealkylation sites (N-methyl/N-ethyl adjacent to an activating group) is 1. The Morgan fingerprint density at radius 3 is 2.78 bits per heavy atom. The van der Waals surface area contributed by atoms with Crippen molar-refractivity contribution >= 4 is 5.91 Å². The van der Waals surface area contributed by atoms with Crippen LogP contribution in [-0.2, 0) is 4.79 Å². The lowest BCUT2D eigenvalue weighted by molar-refractivity contribution is -0.124. The summed E-state index contributed by atoms with van der Waals surface area (Å²) in [6.45, 7) is 8.43. The van der Waals surface area contributed by atoms with E-state index < -0.39 is 0 Å². The molecular weight excluding hydrogens is 228 g/mol. The van der Waals surface area contributed by atoms with Crippen molar-refractivity contribution < 1.29 is 4.79 Å². The van der Waals surface area contributed by atoms with Crippen molar-refractivity contribution in [3.05, 3.63) is 0 Å². The number of rotatable bonds is 5. The molecule has 0 aromatic rings. The molecule has 5 heteroatoms. The molecule has 5 nitrogen and oxygen atoms in total. The van der Waals surface area contributed by atoms with Gasteiger partial charge in [0.15, 0.2) is 0 Å². The summed E-state index contributed by atoms with van der Waals surface area (Å²) in [5, 5.41) is 6.28. The van der Waals surface area contributed by atoms with E-state index in [4.69, 9.17) is 0 Å². The zero-order valence-corrected chi connectivity index (χ0v) is 11.5. The molecular formula is C13H26N4O. The minimum absolute atomic E-state index is 0.202. The fraction of sp³-hybridized carbons (Fsp3) is 0.923. The second-order valence-electron chi connectivity index (χ2n) is 5.48. The van der Waals surface area contributed by atoms with Crippen LogP contribution in [0.15, 0.2) is 0 Å². The number of nitrogens with one attached hydrogen (secondary N) is 2. The molecule has 2 aliphatic rings. The summed E-state index contributed by atoms with van der Waals surface area (Å²) in [5.41, 5.74) is 0. The molecule has 0 saturated carbocycles. The fourth-order valence-corrected chi connectivity index (χ4v) is 2.61. The molecule has 1 unspecified atom stereocenters. The van der Waals surface area contributed by atoms with Crippen molar-refractivity contribution in [1.29, 1.82) is 0 Å². The van der Waals surface area contributed by atoms with Crippen LogP contribution >= 0.6 is 0 Å². The molecule has 0 aliphatic carbocycles. The number of carbonyl (C=O) groups is 1. The van der Waals surface area contributed by atoms with E-state index in [0.717, 1.165) is 52.1 Å². The van der Waals surface area contributed by atoms with Gasteiger partial charge in [0.1, 0.15) is 0 Å². The van der Waals surface area contributed by atoms with Gasteiger partial charge in [-0.25, -0.2) is 0 Å². The Bertz CT molecular complexity index is 258. The summed E-state index contributed by atoms with van der Waals surface area (Å²) in [5.74, 6) is 0.437. The average Bonchev–Trinajstić information content (AvgIpc) is 2.90. The first-order valence-corrected chi connectivity index (χ1v) is 7.15. The van der Waals surface area contributed by atoms with Crippen molar-refractivity contribution in [3.8, 4) is 0 Å². The highest BCUT2D eigenvalue weighted by molar-refractivity contribution is 5.79. The highest BCUT2D eigenvalue weighted by atomic mass is 16.1. The lowest BCUT2D eigenvalue weighted by Gasteiger charge is -2.32. The van der Waals surface area contributed by atoms with Gasteiger partial charge in [-0.15, -0.1) is 0 Å². The van der Waals surface area contributed by atoms with Gasteiger partial charge in [-0.1, -0.05) is 0 Å². The Balaban J connectivity index is 1.51. The number of amides is 1. The Morgan fingerprint density at radius 2 is 2.11 bits per heavy atom. The van der Waals surface area contributed by atoms with Crippen molar-refractivity contribution in [2.24, 2.45) is 5.92 Å². The molecule has 0 spiro atoms. The number of hydrogen-bond donors (Lipinski definition) is 2. The Kier molecular flexibility index (Phi) is 5.41. The molecule has 2 saturated heterocycles. The van der Waals surface area contributed by atoms with Crippen molar-refractivity contribution in [1.82, 2.24) is 20.4 Å². The summed E-state index contributed by atoms with van der Waals surface area (Å²) in [6, 6.07) is 0. The highest BCUT2D eigenvalue weighted by Crippen LogP contribution is 2.06. The van der Waals surface area contributed by atoms with E-state index in [1.165, 1.54) is 13.1 Å². The van der Waals surface area contributed by atoms with Gasteiger partial charge in [-0.2, -0.15) is 0 Å². The van der Waals surface area contributed by atoms with E-state index >= 15 is 0 Å². The zero-order chi connectivity index (χ0) is 12.8. The van der Waals surface area contributed by atoms with E-state index in [2.05, 4.69) is 27.5 Å². The SMILES string of the molecule is CN1CCN(CCCNC(=O)C2CCNC2)CC1. The van der Waals surface area contributed by atoms with Crippen LogP contribution in [0.2, 0.25) is 0 Å². The van der Waals surface area contributed by atoms with Gasteiger partial charge in [-0.05, 0) is 33.0 Å². The lowest BCUT2D eigenvalue weighted by Crippen LogP contribution is -2.45. The van der Waals surface area contributed by atoms with Gasteiger partial charge in [0.2, 0.25) is 5.91 Å². The Morgan fingerprint density at radius 1 is 1.33 bits per heavy atom. The maximum Gasteiger partial charge on any atom is 0.224 e. The van der Waals surface area contributed by atoms with Crippen LogP contribution < -0.4 is 10.6 Å². The largest absolute Gasteiger partial charge is 0.356 e. The molecule has 0 bridgehead atoms. The minimum Gasteiger partial charge on any atom is -0.356 e. The predicted molar refractivity (Wildman–Crippen MR) is 72.5 cm³/mol. The summed E-state index contributed by atoms with van der Waals surface area (Å²) in [7, 11) is 2.17. The van der Waals surface area contributed by atoms with Crippen LogP contribution in [0.5, 0.6) is 0 Å². The van der Waals surface area contributed by atoms with E-state index in [1.54, 1.807) is 0 Å². The number of carbonyl (C=O) groups excluding carboxylic acids is 1. The van der Waals surface area contributed by atoms with Crippen LogP contribution in [0, 0.1) is 5.92 Å². The molecule has 0 aromatic heterocycles. The maximum absolute atomic E-state index is 11.8. The molecule has 1 atom stereocenters. The third-order valence-corrected chi connectivity index (χ3v) is 3.98. The zero-order valence-electron chi connectivity index (χ0n) is 11.5. The second-order valence-corrected chi connectivity index (χ2v) is 5.48. The maximum atomic E-state index is 11.8. The molecule has 2 rings (SSSR count). The molecule has 104 valence electrons. The summed E-state index contributed by atoms with van der Waals surface area (Å²) >= 11 is 0. The standard InChI is InChI=1S/C13H26N4O/c1-16-7-9-17(10-8-16)6-2-4-15-13(18)12-3-5-14-11-12/h12,14H,2-11H2,1H3,(H,15,18). The quantitative estimate of drug-likeness (QED) is 0.640. The predicted octanol–water partition coefficient (Wildman–Crippen LogP) is -0.650. The Hall–Kier alpha value is -0.650. The first-order valence-electron chi connectivity index (χ1n) is 7.15. The van der Waals surface area contributed by atoms with Gasteiger partial charge in [0.05, 0.1) is 5.92 Å². The lowest BCUT2D eigenvalue weighted by atomic mass is 10.1. The van der Waals surface area contributed by atoms with Crippen LogP contribution in [0.4, 0.5) is 0 Å². The van der Waals surface area contributed by atoms with Crippen molar-refractivity contribution in [2.45, 2.75) is 12.8 Å². The highest BCUT2D eigenvalue weighted by Gasteiger charge is 2.21. The third-order valence-electron chi connectivity index (χ3n) is 3.98. The summed E-state index contributed by atoms with van der Waals surface area (Å²) in [4.78, 5) is 16.6. The number of piperazine rings is 1. The van der Waals surface area contributed by atoms with Crippen LogP contribution in [0.1, 0.15) is 12.8 Å². The monoisotopic (exact) mass is 254 g/mol. The fourth-order valence-electron chi connectivity index (χ4n) is 2.61. The average molecular weight is 254 g/mol. The number of hydrogen-bond acceptors (Lipinski definition) is 4. The Labute approximate surface area is 110 Å². The van der Waals surface area contributed by atoms with Crippen LogP contribution in [0.3, 0.4) is 0 Å². The third kappa shape index (κ3) is 4.23. The first-order chi connectivity index (χ1) is 8.75.